The molecule has 4 aromatic heterocycles. The normalized spacial score (nSPS) is 12.0. The Morgan fingerprint density at radius 3 is 1.54 bits per heavy atom. The first kappa shape index (κ1) is 46.8. The minimum atomic E-state index is -3.83. The fraction of sp³-hybridized carbons (Fsp3) is 0.227. The molecule has 0 aliphatic rings. The monoisotopic (exact) mass is 946 g/mol. The molecule has 14 nitrogen and oxygen atoms in total. The standard InChI is InChI=1S/C22H22ClN5O2S.C11H8ClN5.C11H15ClO2S/c1-4-22(2,3)15-7-10-17(11-8-15)31(29,30)26-18-12-9-16(23)14-20(18)28-19-6-5-13-24-21(19)25-27-28;12-7-3-4-8(13)10(6-7)17-9-2-1-5-14-11(9)15-16-17;1-4-11(2,3)9-5-7-10(8-6-9)15(12,13)14/h5-14,26H,4H2,1-3H3;1-6H,13H2;5-8H,4H2,1-3H3. The van der Waals surface area contributed by atoms with E-state index in [2.05, 4.69) is 76.9 Å². The molecule has 0 fully saturated rings. The van der Waals surface area contributed by atoms with E-state index in [1.807, 2.05) is 36.4 Å². The Hall–Kier alpha value is -5.65. The van der Waals surface area contributed by atoms with Crippen molar-refractivity contribution in [1.82, 2.24) is 40.0 Å². The summed E-state index contributed by atoms with van der Waals surface area (Å²) in [5.41, 5.74) is 12.7. The molecule has 0 atom stereocenters. The molecule has 0 radical (unpaired) electrons. The van der Waals surface area contributed by atoms with E-state index in [0.717, 1.165) is 29.5 Å². The maximum absolute atomic E-state index is 13.1. The molecular formula is C44H45Cl3N10O4S2. The molecule has 19 heteroatoms. The number of pyridine rings is 2. The lowest BCUT2D eigenvalue weighted by molar-refractivity contribution is 0.505. The third kappa shape index (κ3) is 10.9. The minimum Gasteiger partial charge on any atom is -0.397 e. The van der Waals surface area contributed by atoms with Crippen molar-refractivity contribution in [2.45, 2.75) is 75.0 Å². The summed E-state index contributed by atoms with van der Waals surface area (Å²) < 4.78 is 54.1. The van der Waals surface area contributed by atoms with E-state index in [1.165, 1.54) is 4.68 Å². The number of anilines is 2. The van der Waals surface area contributed by atoms with E-state index in [1.54, 1.807) is 89.9 Å². The Labute approximate surface area is 380 Å². The Morgan fingerprint density at radius 2 is 1.06 bits per heavy atom. The number of halogens is 3. The van der Waals surface area contributed by atoms with Crippen molar-refractivity contribution in [2.75, 3.05) is 10.5 Å². The maximum atomic E-state index is 13.1. The summed E-state index contributed by atoms with van der Waals surface area (Å²) in [6.45, 7) is 12.7. The first-order valence-corrected chi connectivity index (χ1v) is 24.2. The number of hydrogen-bond acceptors (Lipinski definition) is 11. The van der Waals surface area contributed by atoms with Gasteiger partial charge in [0, 0.05) is 33.1 Å². The average molecular weight is 948 g/mol. The fourth-order valence-electron chi connectivity index (χ4n) is 6.12. The zero-order valence-corrected chi connectivity index (χ0v) is 39.1. The van der Waals surface area contributed by atoms with Gasteiger partial charge in [-0.1, -0.05) is 99.4 Å². The van der Waals surface area contributed by atoms with E-state index in [0.29, 0.717) is 49.6 Å². The molecule has 4 heterocycles. The van der Waals surface area contributed by atoms with E-state index in [-0.39, 0.29) is 20.6 Å². The lowest BCUT2D eigenvalue weighted by atomic mass is 9.82. The number of nitrogens with one attached hydrogen (secondary N) is 1. The van der Waals surface area contributed by atoms with E-state index in [4.69, 9.17) is 39.6 Å². The van der Waals surface area contributed by atoms with Crippen LogP contribution in [0.2, 0.25) is 10.0 Å². The van der Waals surface area contributed by atoms with Crippen LogP contribution in [0.1, 0.15) is 65.5 Å². The van der Waals surface area contributed by atoms with Gasteiger partial charge in [-0.2, -0.15) is 0 Å². The lowest BCUT2D eigenvalue weighted by Gasteiger charge is -2.23. The van der Waals surface area contributed by atoms with Crippen LogP contribution in [0, 0.1) is 0 Å². The van der Waals surface area contributed by atoms with Crippen LogP contribution < -0.4 is 10.5 Å². The van der Waals surface area contributed by atoms with Crippen LogP contribution in [-0.2, 0) is 29.9 Å². The number of benzene rings is 4. The molecular weight excluding hydrogens is 903 g/mol. The highest BCUT2D eigenvalue weighted by atomic mass is 35.7. The summed E-state index contributed by atoms with van der Waals surface area (Å²) in [6, 6.07) is 31.0. The van der Waals surface area contributed by atoms with Gasteiger partial charge in [-0.05, 0) is 120 Å². The highest BCUT2D eigenvalue weighted by Gasteiger charge is 2.23. The second-order valence-corrected chi connectivity index (χ2v) is 20.7. The van der Waals surface area contributed by atoms with Crippen LogP contribution in [0.4, 0.5) is 11.4 Å². The van der Waals surface area contributed by atoms with Gasteiger partial charge in [-0.3, -0.25) is 4.72 Å². The quantitative estimate of drug-likeness (QED) is 0.0979. The molecule has 0 saturated carbocycles. The summed E-state index contributed by atoms with van der Waals surface area (Å²) >= 11 is 12.1. The van der Waals surface area contributed by atoms with Crippen molar-refractivity contribution in [3.05, 3.63) is 143 Å². The van der Waals surface area contributed by atoms with Crippen molar-refractivity contribution >= 4 is 86.7 Å². The number of nitrogens with zero attached hydrogens (tertiary/aromatic N) is 8. The summed E-state index contributed by atoms with van der Waals surface area (Å²) in [5.74, 6) is 0. The predicted molar refractivity (Wildman–Crippen MR) is 251 cm³/mol. The fourth-order valence-corrected chi connectivity index (χ4v) is 8.30. The number of nitrogen functional groups attached to an aromatic ring is 1. The van der Waals surface area contributed by atoms with Gasteiger partial charge in [0.1, 0.15) is 11.0 Å². The number of hydrogen-bond donors (Lipinski definition) is 2. The van der Waals surface area contributed by atoms with Gasteiger partial charge >= 0.3 is 0 Å². The molecule has 0 amide bonds. The van der Waals surface area contributed by atoms with E-state index < -0.39 is 19.1 Å². The second-order valence-electron chi connectivity index (χ2n) is 15.6. The van der Waals surface area contributed by atoms with Crippen molar-refractivity contribution < 1.29 is 16.8 Å². The van der Waals surface area contributed by atoms with Gasteiger partial charge in [0.15, 0.2) is 0 Å². The van der Waals surface area contributed by atoms with E-state index >= 15 is 0 Å². The van der Waals surface area contributed by atoms with E-state index in [9.17, 15) is 16.8 Å². The van der Waals surface area contributed by atoms with Crippen LogP contribution in [0.15, 0.2) is 131 Å². The first-order valence-electron chi connectivity index (χ1n) is 19.6. The van der Waals surface area contributed by atoms with Crippen LogP contribution in [-0.4, -0.2) is 56.8 Å². The van der Waals surface area contributed by atoms with Crippen molar-refractivity contribution in [2.24, 2.45) is 0 Å². The van der Waals surface area contributed by atoms with Gasteiger partial charge in [0.05, 0.1) is 32.5 Å². The molecule has 4 aromatic carbocycles. The van der Waals surface area contributed by atoms with Crippen LogP contribution in [0.25, 0.3) is 33.7 Å². The molecule has 328 valence electrons. The maximum Gasteiger partial charge on any atom is 0.261 e. The second kappa shape index (κ2) is 19.0. The summed E-state index contributed by atoms with van der Waals surface area (Å²) in [4.78, 5) is 8.61. The third-order valence-electron chi connectivity index (χ3n) is 10.7. The molecule has 0 spiro atoms. The van der Waals surface area contributed by atoms with Gasteiger partial charge < -0.3 is 5.73 Å². The Kier molecular flexibility index (Phi) is 14.1. The molecule has 8 aromatic rings. The largest absolute Gasteiger partial charge is 0.397 e. The first-order chi connectivity index (χ1) is 29.7. The summed E-state index contributed by atoms with van der Waals surface area (Å²) in [7, 11) is -2.20. The van der Waals surface area contributed by atoms with Gasteiger partial charge in [-0.15, -0.1) is 10.2 Å². The zero-order valence-electron chi connectivity index (χ0n) is 35.2. The van der Waals surface area contributed by atoms with Crippen LogP contribution in [0.3, 0.4) is 0 Å². The number of nitrogens with two attached hydrogens (primary N) is 1. The molecule has 0 bridgehead atoms. The minimum absolute atomic E-state index is 0.0265. The SMILES string of the molecule is CCC(C)(C)c1ccc(S(=O)(=O)Cl)cc1.CCC(C)(C)c1ccc(S(=O)(=O)Nc2ccc(Cl)cc2-n2nnc3ncccc32)cc1.Nc1ccc(Cl)cc1-n1nnc2ncccc21. The van der Waals surface area contributed by atoms with Gasteiger partial charge in [0.25, 0.3) is 19.1 Å². The Balaban J connectivity index is 0.000000174. The molecule has 0 saturated heterocycles. The summed E-state index contributed by atoms with van der Waals surface area (Å²) in [6.07, 6.45) is 5.24. The Morgan fingerprint density at radius 1 is 0.619 bits per heavy atom. The van der Waals surface area contributed by atoms with Crippen molar-refractivity contribution in [3.8, 4) is 11.4 Å². The number of aromatic nitrogens is 8. The third-order valence-corrected chi connectivity index (χ3v) is 14.0. The molecule has 0 aliphatic heterocycles. The number of sulfonamides is 1. The lowest BCUT2D eigenvalue weighted by Crippen LogP contribution is -2.17. The smallest absolute Gasteiger partial charge is 0.261 e. The number of fused-ring (bicyclic) bond motifs is 2. The highest BCUT2D eigenvalue weighted by Crippen LogP contribution is 2.32. The molecule has 0 aliphatic carbocycles. The Bertz CT molecular complexity index is 3100. The molecule has 63 heavy (non-hydrogen) atoms. The molecule has 3 N–H and O–H groups in total. The topological polar surface area (TPSA) is 194 Å². The summed E-state index contributed by atoms with van der Waals surface area (Å²) in [5, 5.41) is 17.2. The molecule has 8 rings (SSSR count). The predicted octanol–water partition coefficient (Wildman–Crippen LogP) is 10.3. The zero-order chi connectivity index (χ0) is 45.7. The van der Waals surface area contributed by atoms with Crippen LogP contribution in [0.5, 0.6) is 0 Å². The molecule has 0 unspecified atom stereocenters. The van der Waals surface area contributed by atoms with Crippen LogP contribution >= 0.6 is 33.9 Å². The van der Waals surface area contributed by atoms with Crippen molar-refractivity contribution in [1.29, 1.82) is 0 Å². The average Bonchev–Trinajstić information content (AvgIpc) is 3.90. The number of rotatable bonds is 10. The van der Waals surface area contributed by atoms with Crippen molar-refractivity contribution in [3.63, 3.8) is 0 Å². The van der Waals surface area contributed by atoms with Gasteiger partial charge in [0.2, 0.25) is 11.3 Å². The van der Waals surface area contributed by atoms with Gasteiger partial charge in [-0.25, -0.2) is 36.2 Å². The highest BCUT2D eigenvalue weighted by molar-refractivity contribution is 8.13.